The molecular formula is C34H37N3O2. The molecule has 0 bridgehead atoms. The number of pyridine rings is 1. The van der Waals surface area contributed by atoms with Crippen LogP contribution < -0.4 is 5.32 Å². The highest BCUT2D eigenvalue weighted by molar-refractivity contribution is 6.06. The molecule has 1 saturated carbocycles. The van der Waals surface area contributed by atoms with Crippen molar-refractivity contribution in [3.8, 4) is 0 Å². The number of hydrogen-bond acceptors (Lipinski definition) is 4. The number of para-hydroxylation sites is 1. The van der Waals surface area contributed by atoms with Crippen molar-refractivity contribution in [1.29, 1.82) is 0 Å². The molecule has 0 amide bonds. The zero-order chi connectivity index (χ0) is 26.8. The van der Waals surface area contributed by atoms with Crippen LogP contribution in [0.4, 0.5) is 0 Å². The van der Waals surface area contributed by atoms with Gasteiger partial charge in [0.05, 0.1) is 18.2 Å². The van der Waals surface area contributed by atoms with E-state index in [4.69, 9.17) is 4.98 Å². The lowest BCUT2D eigenvalue weighted by Crippen LogP contribution is -2.41. The summed E-state index contributed by atoms with van der Waals surface area (Å²) in [6.07, 6.45) is 3.89. The van der Waals surface area contributed by atoms with Crippen LogP contribution in [0.3, 0.4) is 0 Å². The predicted molar refractivity (Wildman–Crippen MR) is 158 cm³/mol. The smallest absolute Gasteiger partial charge is 0.141 e. The molecule has 5 nitrogen and oxygen atoms in total. The van der Waals surface area contributed by atoms with Gasteiger partial charge in [-0.15, -0.1) is 0 Å². The molecule has 1 fully saturated rings. The van der Waals surface area contributed by atoms with Crippen LogP contribution in [0.5, 0.6) is 0 Å². The number of aliphatic hydroxyl groups is 2. The van der Waals surface area contributed by atoms with E-state index in [-0.39, 0.29) is 18.6 Å². The van der Waals surface area contributed by atoms with Gasteiger partial charge in [-0.25, -0.2) is 4.98 Å². The molecule has 3 atom stereocenters. The fraction of sp³-hybridized carbons (Fsp3) is 0.324. The quantitative estimate of drug-likeness (QED) is 0.195. The van der Waals surface area contributed by atoms with E-state index in [1.807, 2.05) is 37.3 Å². The zero-order valence-corrected chi connectivity index (χ0v) is 22.5. The van der Waals surface area contributed by atoms with Gasteiger partial charge in [0.15, 0.2) is 0 Å². The SMILES string of the molecule is Cc1ccc2c3ccccc3n(Cc3ccc([C@H](C4CCCC4)C(O)N[C@@H](CO)c4ccccc4)cc3)c2n1. The normalized spacial score (nSPS) is 16.6. The fourth-order valence-corrected chi connectivity index (χ4v) is 6.48. The fourth-order valence-electron chi connectivity index (χ4n) is 6.48. The Morgan fingerprint density at radius 1 is 0.846 bits per heavy atom. The first-order chi connectivity index (χ1) is 19.1. The first-order valence-electron chi connectivity index (χ1n) is 14.2. The van der Waals surface area contributed by atoms with Crippen LogP contribution in [0.2, 0.25) is 0 Å². The van der Waals surface area contributed by atoms with Gasteiger partial charge >= 0.3 is 0 Å². The Morgan fingerprint density at radius 3 is 2.31 bits per heavy atom. The van der Waals surface area contributed by atoms with Crippen molar-refractivity contribution in [2.45, 2.75) is 57.3 Å². The van der Waals surface area contributed by atoms with E-state index in [0.717, 1.165) is 41.9 Å². The lowest BCUT2D eigenvalue weighted by molar-refractivity contribution is 0.0600. The Kier molecular flexibility index (Phi) is 7.47. The van der Waals surface area contributed by atoms with Gasteiger partial charge in [0, 0.05) is 28.9 Å². The van der Waals surface area contributed by atoms with Crippen LogP contribution in [0, 0.1) is 12.8 Å². The molecule has 0 aliphatic heterocycles. The maximum absolute atomic E-state index is 11.5. The molecule has 200 valence electrons. The first kappa shape index (κ1) is 25.8. The molecule has 6 rings (SSSR count). The van der Waals surface area contributed by atoms with Gasteiger partial charge in [-0.05, 0) is 60.6 Å². The number of nitrogens with zero attached hydrogens (tertiary/aromatic N) is 2. The van der Waals surface area contributed by atoms with Crippen molar-refractivity contribution in [2.24, 2.45) is 5.92 Å². The summed E-state index contributed by atoms with van der Waals surface area (Å²) in [5.41, 5.74) is 6.55. The highest BCUT2D eigenvalue weighted by Crippen LogP contribution is 2.40. The lowest BCUT2D eigenvalue weighted by atomic mass is 9.82. The number of aliphatic hydroxyl groups excluding tert-OH is 2. The zero-order valence-electron chi connectivity index (χ0n) is 22.5. The average Bonchev–Trinajstić information content (AvgIpc) is 3.60. The molecule has 1 aliphatic carbocycles. The van der Waals surface area contributed by atoms with Gasteiger partial charge < -0.3 is 14.8 Å². The third-order valence-corrected chi connectivity index (χ3v) is 8.46. The maximum atomic E-state index is 11.5. The number of aryl methyl sites for hydroxylation is 1. The van der Waals surface area contributed by atoms with E-state index in [0.29, 0.717) is 5.92 Å². The van der Waals surface area contributed by atoms with Crippen molar-refractivity contribution in [3.63, 3.8) is 0 Å². The van der Waals surface area contributed by atoms with E-state index in [2.05, 4.69) is 70.5 Å². The Labute approximate surface area is 230 Å². The maximum Gasteiger partial charge on any atom is 0.141 e. The van der Waals surface area contributed by atoms with E-state index in [9.17, 15) is 10.2 Å². The number of benzene rings is 3. The van der Waals surface area contributed by atoms with Crippen molar-refractivity contribution >= 4 is 21.9 Å². The van der Waals surface area contributed by atoms with E-state index in [1.165, 1.54) is 34.7 Å². The summed E-state index contributed by atoms with van der Waals surface area (Å²) in [6.45, 7) is 2.71. The number of nitrogens with one attached hydrogen (secondary N) is 1. The number of fused-ring (bicyclic) bond motifs is 3. The third kappa shape index (κ3) is 5.22. The molecule has 1 aliphatic rings. The molecule has 3 aromatic carbocycles. The number of aromatic nitrogens is 2. The molecule has 2 aromatic heterocycles. The summed E-state index contributed by atoms with van der Waals surface area (Å²) in [7, 11) is 0. The molecule has 0 radical (unpaired) electrons. The van der Waals surface area contributed by atoms with Crippen LogP contribution in [-0.4, -0.2) is 32.6 Å². The highest BCUT2D eigenvalue weighted by Gasteiger charge is 2.33. The topological polar surface area (TPSA) is 70.3 Å². The van der Waals surface area contributed by atoms with Crippen molar-refractivity contribution < 1.29 is 10.2 Å². The monoisotopic (exact) mass is 519 g/mol. The molecule has 0 spiro atoms. The van der Waals surface area contributed by atoms with Gasteiger partial charge in [-0.2, -0.15) is 0 Å². The van der Waals surface area contributed by atoms with Crippen LogP contribution in [-0.2, 0) is 6.54 Å². The van der Waals surface area contributed by atoms with E-state index in [1.54, 1.807) is 0 Å². The third-order valence-electron chi connectivity index (χ3n) is 8.46. The molecular weight excluding hydrogens is 482 g/mol. The summed E-state index contributed by atoms with van der Waals surface area (Å²) in [5.74, 6) is 0.384. The van der Waals surface area contributed by atoms with Crippen molar-refractivity contribution in [2.75, 3.05) is 6.61 Å². The van der Waals surface area contributed by atoms with E-state index >= 15 is 0 Å². The van der Waals surface area contributed by atoms with Gasteiger partial charge in [0.25, 0.3) is 0 Å². The predicted octanol–water partition coefficient (Wildman–Crippen LogP) is 6.46. The second-order valence-corrected chi connectivity index (χ2v) is 11.0. The standard InChI is InChI=1S/C34H37N3O2/c1-23-15-20-29-28-13-7-8-14-31(28)37(33(29)35-23)21-24-16-18-27(19-17-24)32(26-11-5-6-12-26)34(39)36-30(22-38)25-9-3-2-4-10-25/h2-4,7-10,13-20,26,30,32,34,36,38-39H,5-6,11-12,21-22H2,1H3/t30-,32-,34?/m0/s1. The minimum absolute atomic E-state index is 0.0307. The van der Waals surface area contributed by atoms with Gasteiger partial charge in [-0.1, -0.05) is 85.6 Å². The Balaban J connectivity index is 1.28. The van der Waals surface area contributed by atoms with Crippen LogP contribution in [0.15, 0.2) is 91.0 Å². The summed E-state index contributed by atoms with van der Waals surface area (Å²) in [4.78, 5) is 4.89. The molecule has 39 heavy (non-hydrogen) atoms. The minimum Gasteiger partial charge on any atom is -0.394 e. The van der Waals surface area contributed by atoms with Crippen LogP contribution >= 0.6 is 0 Å². The molecule has 1 unspecified atom stereocenters. The summed E-state index contributed by atoms with van der Waals surface area (Å²) < 4.78 is 2.31. The van der Waals surface area contributed by atoms with Gasteiger partial charge in [-0.3, -0.25) is 5.32 Å². The Bertz CT molecular complexity index is 1540. The lowest BCUT2D eigenvalue weighted by Gasteiger charge is -2.32. The van der Waals surface area contributed by atoms with Crippen LogP contribution in [0.25, 0.3) is 21.9 Å². The van der Waals surface area contributed by atoms with Gasteiger partial charge in [0.2, 0.25) is 0 Å². The summed E-state index contributed by atoms with van der Waals surface area (Å²) in [5, 5.41) is 27.3. The number of hydrogen-bond donors (Lipinski definition) is 3. The second kappa shape index (κ2) is 11.3. The molecule has 5 heteroatoms. The van der Waals surface area contributed by atoms with E-state index < -0.39 is 6.23 Å². The average molecular weight is 520 g/mol. The molecule has 3 N–H and O–H groups in total. The Hall–Kier alpha value is -3.51. The van der Waals surface area contributed by atoms with Crippen LogP contribution in [0.1, 0.15) is 60.0 Å². The first-order valence-corrected chi connectivity index (χ1v) is 14.2. The summed E-state index contributed by atoms with van der Waals surface area (Å²) in [6, 6.07) is 31.1. The van der Waals surface area contributed by atoms with Crippen molar-refractivity contribution in [1.82, 2.24) is 14.9 Å². The van der Waals surface area contributed by atoms with Gasteiger partial charge in [0.1, 0.15) is 11.9 Å². The largest absolute Gasteiger partial charge is 0.394 e. The summed E-state index contributed by atoms with van der Waals surface area (Å²) >= 11 is 0. The second-order valence-electron chi connectivity index (χ2n) is 11.0. The number of rotatable bonds is 9. The highest BCUT2D eigenvalue weighted by atomic mass is 16.3. The Morgan fingerprint density at radius 2 is 1.56 bits per heavy atom. The minimum atomic E-state index is -0.749. The van der Waals surface area contributed by atoms with Crippen molar-refractivity contribution in [3.05, 3.63) is 113 Å². The molecule has 0 saturated heterocycles. The molecule has 2 heterocycles. The molecule has 5 aromatic rings.